The highest BCUT2D eigenvalue weighted by atomic mass is 35.5. The number of imidazole rings is 1. The highest BCUT2D eigenvalue weighted by molar-refractivity contribution is 5.85. The van der Waals surface area contributed by atoms with Crippen LogP contribution in [0.2, 0.25) is 0 Å². The van der Waals surface area contributed by atoms with Gasteiger partial charge in [-0.25, -0.2) is 4.98 Å². The van der Waals surface area contributed by atoms with Gasteiger partial charge in [0.05, 0.1) is 17.5 Å². The molecule has 2 N–H and O–H groups in total. The number of aromatic nitrogens is 2. The summed E-state index contributed by atoms with van der Waals surface area (Å²) >= 11 is 0. The van der Waals surface area contributed by atoms with E-state index in [1.54, 1.807) is 19.2 Å². The van der Waals surface area contributed by atoms with Crippen molar-refractivity contribution in [1.82, 2.24) is 15.3 Å². The molecular formula is C17H21ClF3N3. The maximum Gasteiger partial charge on any atom is 0.416 e. The van der Waals surface area contributed by atoms with Gasteiger partial charge >= 0.3 is 6.18 Å². The number of hydrogen-bond acceptors (Lipinski definition) is 2. The summed E-state index contributed by atoms with van der Waals surface area (Å²) in [5.41, 5.74) is 1.29. The van der Waals surface area contributed by atoms with Crippen LogP contribution in [-0.2, 0) is 12.6 Å². The molecule has 24 heavy (non-hydrogen) atoms. The summed E-state index contributed by atoms with van der Waals surface area (Å²) in [7, 11) is 0. The van der Waals surface area contributed by atoms with Crippen molar-refractivity contribution in [2.24, 2.45) is 0 Å². The number of aryl methyl sites for hydroxylation is 1. The Kier molecular flexibility index (Phi) is 5.93. The molecule has 1 aromatic heterocycles. The number of benzene rings is 1. The largest absolute Gasteiger partial charge is 0.416 e. The minimum Gasteiger partial charge on any atom is -0.342 e. The third kappa shape index (κ3) is 3.92. The number of halogens is 4. The highest BCUT2D eigenvalue weighted by Crippen LogP contribution is 2.34. The van der Waals surface area contributed by atoms with Gasteiger partial charge in [-0.1, -0.05) is 13.0 Å². The molecule has 1 saturated heterocycles. The fraction of sp³-hybridized carbons (Fsp3) is 0.471. The molecule has 1 aliphatic heterocycles. The molecule has 1 aromatic carbocycles. The number of nitrogens with one attached hydrogen (secondary N) is 2. The lowest BCUT2D eigenvalue weighted by Crippen LogP contribution is -2.27. The molecule has 3 nitrogen and oxygen atoms in total. The molecule has 0 radical (unpaired) electrons. The fourth-order valence-corrected chi connectivity index (χ4v) is 3.12. The van der Waals surface area contributed by atoms with Gasteiger partial charge in [0.2, 0.25) is 0 Å². The van der Waals surface area contributed by atoms with Gasteiger partial charge in [0.25, 0.3) is 0 Å². The Hall–Kier alpha value is -1.53. The summed E-state index contributed by atoms with van der Waals surface area (Å²) in [5.74, 6) is 1.32. The fourth-order valence-electron chi connectivity index (χ4n) is 3.12. The van der Waals surface area contributed by atoms with Crippen LogP contribution in [-0.4, -0.2) is 23.1 Å². The normalized spacial score (nSPS) is 16.0. The van der Waals surface area contributed by atoms with Gasteiger partial charge in [0.15, 0.2) is 0 Å². The third-order valence-corrected chi connectivity index (χ3v) is 4.42. The number of piperidine rings is 1. The van der Waals surface area contributed by atoms with Crippen molar-refractivity contribution >= 4 is 12.4 Å². The Morgan fingerprint density at radius 3 is 2.54 bits per heavy atom. The molecule has 7 heteroatoms. The number of nitrogens with zero attached hydrogens (tertiary/aromatic N) is 1. The molecule has 132 valence electrons. The first kappa shape index (κ1) is 18.8. The lowest BCUT2D eigenvalue weighted by Gasteiger charge is -2.20. The van der Waals surface area contributed by atoms with E-state index in [4.69, 9.17) is 0 Å². The topological polar surface area (TPSA) is 40.7 Å². The molecule has 0 atom stereocenters. The zero-order valence-corrected chi connectivity index (χ0v) is 14.2. The first-order valence-corrected chi connectivity index (χ1v) is 7.95. The van der Waals surface area contributed by atoms with Crippen LogP contribution in [0.25, 0.3) is 11.3 Å². The Morgan fingerprint density at radius 2 is 1.92 bits per heavy atom. The van der Waals surface area contributed by atoms with Crippen molar-refractivity contribution in [2.75, 3.05) is 13.1 Å². The first-order valence-electron chi connectivity index (χ1n) is 7.95. The Balaban J connectivity index is 0.00000208. The summed E-state index contributed by atoms with van der Waals surface area (Å²) in [5, 5.41) is 3.31. The van der Waals surface area contributed by atoms with Gasteiger partial charge in [-0.15, -0.1) is 12.4 Å². The molecule has 3 rings (SSSR count). The van der Waals surface area contributed by atoms with E-state index in [0.29, 0.717) is 17.9 Å². The van der Waals surface area contributed by atoms with Crippen LogP contribution < -0.4 is 5.32 Å². The molecule has 2 heterocycles. The van der Waals surface area contributed by atoms with Gasteiger partial charge in [0.1, 0.15) is 5.82 Å². The second-order valence-corrected chi connectivity index (χ2v) is 5.93. The van der Waals surface area contributed by atoms with Crippen LogP contribution >= 0.6 is 12.4 Å². The first-order chi connectivity index (χ1) is 11.0. The van der Waals surface area contributed by atoms with Crippen molar-refractivity contribution in [2.45, 2.75) is 38.3 Å². The molecule has 1 fully saturated rings. The summed E-state index contributed by atoms with van der Waals surface area (Å²) in [4.78, 5) is 7.73. The van der Waals surface area contributed by atoms with Gasteiger partial charge in [0, 0.05) is 5.92 Å². The minimum atomic E-state index is -4.31. The van der Waals surface area contributed by atoms with E-state index < -0.39 is 11.7 Å². The predicted octanol–water partition coefficient (Wildman–Crippen LogP) is 4.55. The number of aromatic amines is 1. The number of rotatable bonds is 3. The summed E-state index contributed by atoms with van der Waals surface area (Å²) < 4.78 is 39.0. The van der Waals surface area contributed by atoms with Gasteiger partial charge in [-0.2, -0.15) is 13.2 Å². The van der Waals surface area contributed by atoms with Crippen LogP contribution in [0.15, 0.2) is 24.4 Å². The lowest BCUT2D eigenvalue weighted by molar-refractivity contribution is -0.138. The quantitative estimate of drug-likeness (QED) is 0.844. The van der Waals surface area contributed by atoms with E-state index in [-0.39, 0.29) is 12.4 Å². The molecule has 1 aliphatic rings. The van der Waals surface area contributed by atoms with Gasteiger partial charge in [-0.3, -0.25) is 0 Å². The SMILES string of the molecule is CCc1cc(-c2cnc(C3CCNCC3)[nH]2)ccc1C(F)(F)F.Cl. The third-order valence-electron chi connectivity index (χ3n) is 4.42. The maximum atomic E-state index is 13.0. The molecule has 2 aromatic rings. The Bertz CT molecular complexity index is 676. The molecule has 0 aliphatic carbocycles. The smallest absolute Gasteiger partial charge is 0.342 e. The zero-order chi connectivity index (χ0) is 16.4. The maximum absolute atomic E-state index is 13.0. The lowest BCUT2D eigenvalue weighted by atomic mass is 9.97. The van der Waals surface area contributed by atoms with Crippen molar-refractivity contribution in [3.05, 3.63) is 41.3 Å². The monoisotopic (exact) mass is 359 g/mol. The van der Waals surface area contributed by atoms with Crippen molar-refractivity contribution < 1.29 is 13.2 Å². The molecule has 0 bridgehead atoms. The van der Waals surface area contributed by atoms with E-state index in [1.807, 2.05) is 0 Å². The van der Waals surface area contributed by atoms with Crippen LogP contribution in [0.4, 0.5) is 13.2 Å². The van der Waals surface area contributed by atoms with Crippen LogP contribution in [0, 0.1) is 0 Å². The molecular weight excluding hydrogens is 339 g/mol. The minimum absolute atomic E-state index is 0. The van der Waals surface area contributed by atoms with E-state index in [1.165, 1.54) is 12.1 Å². The predicted molar refractivity (Wildman–Crippen MR) is 90.5 cm³/mol. The molecule has 0 unspecified atom stereocenters. The molecule has 0 spiro atoms. The second-order valence-electron chi connectivity index (χ2n) is 5.93. The summed E-state index contributed by atoms with van der Waals surface area (Å²) in [6.07, 6.45) is -0.185. The second kappa shape index (κ2) is 7.57. The van der Waals surface area contributed by atoms with Crippen molar-refractivity contribution in [3.8, 4) is 11.3 Å². The van der Waals surface area contributed by atoms with Crippen LogP contribution in [0.3, 0.4) is 0 Å². The average Bonchev–Trinajstić information content (AvgIpc) is 3.04. The Labute approximate surface area is 145 Å². The van der Waals surface area contributed by atoms with Gasteiger partial charge in [-0.05, 0) is 55.6 Å². The summed E-state index contributed by atoms with van der Waals surface area (Å²) in [6, 6.07) is 4.30. The van der Waals surface area contributed by atoms with E-state index in [0.717, 1.165) is 43.0 Å². The van der Waals surface area contributed by atoms with Crippen molar-refractivity contribution in [3.63, 3.8) is 0 Å². The number of alkyl halides is 3. The van der Waals surface area contributed by atoms with Crippen LogP contribution in [0.5, 0.6) is 0 Å². The van der Waals surface area contributed by atoms with E-state index >= 15 is 0 Å². The highest BCUT2D eigenvalue weighted by Gasteiger charge is 2.32. The summed E-state index contributed by atoms with van der Waals surface area (Å²) in [6.45, 7) is 3.68. The average molecular weight is 360 g/mol. The van der Waals surface area contributed by atoms with Gasteiger partial charge < -0.3 is 10.3 Å². The molecule has 0 amide bonds. The number of hydrogen-bond donors (Lipinski definition) is 2. The standard InChI is InChI=1S/C17H20F3N3.ClH/c1-2-11-9-13(3-4-14(11)17(18,19)20)15-10-22-16(23-15)12-5-7-21-8-6-12;/h3-4,9-10,12,21H,2,5-8H2,1H3,(H,22,23);1H. The van der Waals surface area contributed by atoms with Crippen LogP contribution in [0.1, 0.15) is 42.6 Å². The molecule has 0 saturated carbocycles. The Morgan fingerprint density at radius 1 is 1.21 bits per heavy atom. The van der Waals surface area contributed by atoms with E-state index in [9.17, 15) is 13.2 Å². The number of H-pyrrole nitrogens is 1. The van der Waals surface area contributed by atoms with Crippen molar-refractivity contribution in [1.29, 1.82) is 0 Å². The van der Waals surface area contributed by atoms with E-state index in [2.05, 4.69) is 15.3 Å². The zero-order valence-electron chi connectivity index (χ0n) is 13.4.